The van der Waals surface area contributed by atoms with Gasteiger partial charge in [0.25, 0.3) is 0 Å². The highest BCUT2D eigenvalue weighted by atomic mass is 16.5. The Kier molecular flexibility index (Phi) is 9.01. The van der Waals surface area contributed by atoms with E-state index in [1.54, 1.807) is 14.2 Å². The van der Waals surface area contributed by atoms with Crippen LogP contribution in [0.5, 0.6) is 11.5 Å². The van der Waals surface area contributed by atoms with E-state index >= 15 is 0 Å². The second-order valence-electron chi connectivity index (χ2n) is 10.9. The average molecular weight is 595 g/mol. The third-order valence-corrected chi connectivity index (χ3v) is 8.44. The van der Waals surface area contributed by atoms with E-state index in [-0.39, 0.29) is 0 Å². The van der Waals surface area contributed by atoms with Crippen LogP contribution >= 0.6 is 0 Å². The van der Waals surface area contributed by atoms with Crippen molar-refractivity contribution in [3.8, 4) is 35.2 Å². The van der Waals surface area contributed by atoms with Crippen LogP contribution in [0.15, 0.2) is 170 Å². The van der Waals surface area contributed by atoms with Gasteiger partial charge >= 0.3 is 0 Å². The maximum atomic E-state index is 5.50. The molecule has 0 N–H and O–H groups in total. The van der Waals surface area contributed by atoms with Gasteiger partial charge in [0.05, 0.1) is 14.2 Å². The Morgan fingerprint density at radius 3 is 0.804 bits per heavy atom. The van der Waals surface area contributed by atoms with Crippen molar-refractivity contribution < 1.29 is 9.47 Å². The van der Waals surface area contributed by atoms with Crippen LogP contribution in [0.25, 0.3) is 0 Å². The van der Waals surface area contributed by atoms with Gasteiger partial charge in [0, 0.05) is 0 Å². The van der Waals surface area contributed by atoms with Crippen molar-refractivity contribution in [1.82, 2.24) is 0 Å². The first-order chi connectivity index (χ1) is 22.7. The molecule has 0 fully saturated rings. The Balaban J connectivity index is 1.61. The van der Waals surface area contributed by atoms with Gasteiger partial charge in [-0.1, -0.05) is 157 Å². The predicted octanol–water partition coefficient (Wildman–Crippen LogP) is 9.08. The van der Waals surface area contributed by atoms with E-state index in [0.29, 0.717) is 0 Å². The molecule has 0 spiro atoms. The second kappa shape index (κ2) is 13.8. The Hall–Kier alpha value is -5.96. The van der Waals surface area contributed by atoms with Crippen LogP contribution in [0.4, 0.5) is 0 Å². The quantitative estimate of drug-likeness (QED) is 0.129. The summed E-state index contributed by atoms with van der Waals surface area (Å²) in [6, 6.07) is 58.0. The maximum Gasteiger partial charge on any atom is 0.118 e. The maximum absolute atomic E-state index is 5.50. The van der Waals surface area contributed by atoms with E-state index in [1.807, 2.05) is 48.5 Å². The van der Waals surface area contributed by atoms with Crippen molar-refractivity contribution in [1.29, 1.82) is 0 Å². The van der Waals surface area contributed by atoms with Crippen molar-refractivity contribution in [2.45, 2.75) is 10.8 Å². The molecule has 6 aromatic rings. The summed E-state index contributed by atoms with van der Waals surface area (Å²) in [7, 11) is 3.36. The first-order valence-corrected chi connectivity index (χ1v) is 15.3. The molecule has 0 aliphatic carbocycles. The van der Waals surface area contributed by atoms with Gasteiger partial charge in [-0.25, -0.2) is 0 Å². The van der Waals surface area contributed by atoms with E-state index in [0.717, 1.165) is 44.9 Å². The second-order valence-corrected chi connectivity index (χ2v) is 10.9. The lowest BCUT2D eigenvalue weighted by Gasteiger charge is -2.31. The lowest BCUT2D eigenvalue weighted by atomic mass is 9.69. The fourth-order valence-corrected chi connectivity index (χ4v) is 6.12. The minimum atomic E-state index is -0.772. The summed E-state index contributed by atoms with van der Waals surface area (Å²) >= 11 is 0. The largest absolute Gasteiger partial charge is 0.497 e. The molecule has 0 amide bonds. The third-order valence-electron chi connectivity index (χ3n) is 8.44. The molecular weight excluding hydrogens is 560 g/mol. The van der Waals surface area contributed by atoms with E-state index in [9.17, 15) is 0 Å². The third kappa shape index (κ3) is 5.78. The van der Waals surface area contributed by atoms with Crippen LogP contribution in [0.1, 0.15) is 33.4 Å². The van der Waals surface area contributed by atoms with Gasteiger partial charge in [0.15, 0.2) is 0 Å². The first-order valence-electron chi connectivity index (χ1n) is 15.3. The van der Waals surface area contributed by atoms with Crippen LogP contribution in [0.3, 0.4) is 0 Å². The predicted molar refractivity (Wildman–Crippen MR) is 187 cm³/mol. The number of methoxy groups -OCH3 is 2. The van der Waals surface area contributed by atoms with Gasteiger partial charge in [0.2, 0.25) is 0 Å². The summed E-state index contributed by atoms with van der Waals surface area (Å²) < 4.78 is 11.0. The molecule has 6 rings (SSSR count). The summed E-state index contributed by atoms with van der Waals surface area (Å²) in [6.07, 6.45) is 0. The number of benzene rings is 6. The molecule has 0 aliphatic rings. The molecule has 0 saturated heterocycles. The topological polar surface area (TPSA) is 18.5 Å². The molecule has 46 heavy (non-hydrogen) atoms. The van der Waals surface area contributed by atoms with Gasteiger partial charge in [-0.05, 0) is 69.5 Å². The number of hydrogen-bond donors (Lipinski definition) is 0. The summed E-state index contributed by atoms with van der Waals surface area (Å²) in [5.41, 5.74) is 4.78. The Labute approximate surface area is 272 Å². The smallest absolute Gasteiger partial charge is 0.118 e. The number of rotatable bonds is 8. The van der Waals surface area contributed by atoms with E-state index < -0.39 is 10.8 Å². The van der Waals surface area contributed by atoms with Gasteiger partial charge in [-0.3, -0.25) is 0 Å². The molecule has 0 aliphatic heterocycles. The molecule has 0 aromatic heterocycles. The van der Waals surface area contributed by atoms with Crippen LogP contribution < -0.4 is 9.47 Å². The van der Waals surface area contributed by atoms with Gasteiger partial charge < -0.3 is 9.47 Å². The highest BCUT2D eigenvalue weighted by Crippen LogP contribution is 2.41. The molecule has 0 heterocycles. The molecular formula is C44H34O2. The van der Waals surface area contributed by atoms with Crippen molar-refractivity contribution in [2.75, 3.05) is 14.2 Å². The van der Waals surface area contributed by atoms with Crippen LogP contribution in [-0.2, 0) is 10.8 Å². The first kappa shape index (κ1) is 30.1. The SMILES string of the molecule is COc1ccc(C(C#CC#CC(c2ccccc2)(c2ccccc2)c2ccc(OC)cc2)(c2ccccc2)c2ccccc2)cc1. The molecule has 0 saturated carbocycles. The van der Waals surface area contributed by atoms with Crippen LogP contribution in [0.2, 0.25) is 0 Å². The standard InChI is InChI=1S/C44H34O2/c1-45-41-29-25-39(26-30-41)43(35-17-7-3-8-18-35,36-19-9-4-10-20-36)33-15-16-34-44(37-21-11-5-12-22-37,38-23-13-6-14-24-38)40-27-31-42(46-2)32-28-40/h3-14,17-32H,1-2H3. The fourth-order valence-electron chi connectivity index (χ4n) is 6.12. The van der Waals surface area contributed by atoms with Crippen molar-refractivity contribution in [3.63, 3.8) is 0 Å². The highest BCUT2D eigenvalue weighted by Gasteiger charge is 2.36. The van der Waals surface area contributed by atoms with Gasteiger partial charge in [-0.15, -0.1) is 0 Å². The Morgan fingerprint density at radius 1 is 0.326 bits per heavy atom. The summed E-state index contributed by atoms with van der Waals surface area (Å²) in [6.45, 7) is 0. The summed E-state index contributed by atoms with van der Waals surface area (Å²) in [5, 5.41) is 0. The lowest BCUT2D eigenvalue weighted by Crippen LogP contribution is -2.28. The van der Waals surface area contributed by atoms with Crippen molar-refractivity contribution >= 4 is 0 Å². The van der Waals surface area contributed by atoms with E-state index in [1.165, 1.54) is 0 Å². The monoisotopic (exact) mass is 594 g/mol. The Morgan fingerprint density at radius 2 is 0.565 bits per heavy atom. The van der Waals surface area contributed by atoms with Crippen molar-refractivity contribution in [3.05, 3.63) is 203 Å². The molecule has 0 unspecified atom stereocenters. The summed E-state index contributed by atoms with van der Waals surface area (Å²) in [4.78, 5) is 0. The molecule has 6 aromatic carbocycles. The van der Waals surface area contributed by atoms with Crippen LogP contribution in [-0.4, -0.2) is 14.2 Å². The van der Waals surface area contributed by atoms with E-state index in [2.05, 4.69) is 145 Å². The number of ether oxygens (including phenoxy) is 2. The average Bonchev–Trinajstić information content (AvgIpc) is 3.15. The minimum absolute atomic E-state index is 0.772. The lowest BCUT2D eigenvalue weighted by molar-refractivity contribution is 0.414. The minimum Gasteiger partial charge on any atom is -0.497 e. The van der Waals surface area contributed by atoms with Gasteiger partial charge in [0.1, 0.15) is 22.3 Å². The molecule has 0 bridgehead atoms. The zero-order valence-corrected chi connectivity index (χ0v) is 26.0. The zero-order chi connectivity index (χ0) is 31.7. The highest BCUT2D eigenvalue weighted by molar-refractivity contribution is 5.62. The van der Waals surface area contributed by atoms with Crippen LogP contribution in [0, 0.1) is 23.7 Å². The Bertz CT molecular complexity index is 1750. The molecule has 0 atom stereocenters. The molecule has 2 heteroatoms. The summed E-state index contributed by atoms with van der Waals surface area (Å²) in [5.74, 6) is 15.7. The van der Waals surface area contributed by atoms with E-state index in [4.69, 9.17) is 9.47 Å². The fraction of sp³-hybridized carbons (Fsp3) is 0.0909. The molecule has 222 valence electrons. The molecule has 0 radical (unpaired) electrons. The zero-order valence-electron chi connectivity index (χ0n) is 26.0. The number of hydrogen-bond acceptors (Lipinski definition) is 2. The normalized spacial score (nSPS) is 10.9. The van der Waals surface area contributed by atoms with Gasteiger partial charge in [-0.2, -0.15) is 0 Å². The molecule has 2 nitrogen and oxygen atoms in total. The van der Waals surface area contributed by atoms with Crippen molar-refractivity contribution in [2.24, 2.45) is 0 Å².